The molecular weight excluding hydrogens is 298 g/mol. The Kier molecular flexibility index (Phi) is 5.70. The Morgan fingerprint density at radius 3 is 2.91 bits per heavy atom. The van der Waals surface area contributed by atoms with Crippen molar-refractivity contribution in [3.05, 3.63) is 22.4 Å². The summed E-state index contributed by atoms with van der Waals surface area (Å²) in [4.78, 5) is 15.8. The second-order valence-corrected chi connectivity index (χ2v) is 6.98. The maximum Gasteiger partial charge on any atom is 0.314 e. The number of nitrogens with one attached hydrogen (secondary N) is 2. The van der Waals surface area contributed by atoms with Gasteiger partial charge in [-0.2, -0.15) is 0 Å². The van der Waals surface area contributed by atoms with Gasteiger partial charge in [-0.3, -0.25) is 4.90 Å². The maximum absolute atomic E-state index is 12.0. The molecule has 2 saturated heterocycles. The zero-order chi connectivity index (χ0) is 15.2. The zero-order valence-corrected chi connectivity index (χ0v) is 13.7. The fraction of sp³-hybridized carbons (Fsp3) is 0.688. The van der Waals surface area contributed by atoms with Gasteiger partial charge < -0.3 is 15.4 Å². The van der Waals surface area contributed by atoms with Gasteiger partial charge in [0.2, 0.25) is 0 Å². The van der Waals surface area contributed by atoms with Crippen LogP contribution in [0, 0.1) is 0 Å². The number of thiophene rings is 1. The third-order valence-electron chi connectivity index (χ3n) is 4.42. The molecule has 0 aliphatic carbocycles. The van der Waals surface area contributed by atoms with Gasteiger partial charge in [-0.25, -0.2) is 4.79 Å². The highest BCUT2D eigenvalue weighted by atomic mass is 32.1. The van der Waals surface area contributed by atoms with E-state index in [-0.39, 0.29) is 12.1 Å². The number of carbonyl (C=O) groups is 1. The van der Waals surface area contributed by atoms with Crippen LogP contribution in [0.5, 0.6) is 0 Å². The molecule has 0 saturated carbocycles. The fourth-order valence-electron chi connectivity index (χ4n) is 3.21. The highest BCUT2D eigenvalue weighted by Gasteiger charge is 2.24. The van der Waals surface area contributed by atoms with Crippen LogP contribution >= 0.6 is 11.3 Å². The van der Waals surface area contributed by atoms with Crippen LogP contribution in [-0.4, -0.2) is 49.8 Å². The first-order valence-electron chi connectivity index (χ1n) is 8.23. The Morgan fingerprint density at radius 2 is 2.23 bits per heavy atom. The molecule has 6 heteroatoms. The van der Waals surface area contributed by atoms with Crippen LogP contribution in [0.3, 0.4) is 0 Å². The summed E-state index contributed by atoms with van der Waals surface area (Å²) in [6.45, 7) is 4.35. The number of amides is 2. The van der Waals surface area contributed by atoms with Gasteiger partial charge in [-0.05, 0) is 50.2 Å². The Morgan fingerprint density at radius 1 is 1.36 bits per heavy atom. The highest BCUT2D eigenvalue weighted by Crippen LogP contribution is 2.27. The lowest BCUT2D eigenvalue weighted by Gasteiger charge is -2.27. The third-order valence-corrected chi connectivity index (χ3v) is 5.40. The van der Waals surface area contributed by atoms with Crippen molar-refractivity contribution in [1.29, 1.82) is 0 Å². The summed E-state index contributed by atoms with van der Waals surface area (Å²) in [6, 6.07) is 4.47. The Hall–Kier alpha value is -1.11. The molecular formula is C16H25N3O2S. The van der Waals surface area contributed by atoms with Crippen molar-refractivity contribution >= 4 is 17.4 Å². The highest BCUT2D eigenvalue weighted by molar-refractivity contribution is 7.10. The molecule has 0 bridgehead atoms. The van der Waals surface area contributed by atoms with Gasteiger partial charge in [0, 0.05) is 24.6 Å². The average molecular weight is 323 g/mol. The van der Waals surface area contributed by atoms with Crippen molar-refractivity contribution in [2.45, 2.75) is 37.8 Å². The lowest BCUT2D eigenvalue weighted by atomic mass is 10.2. The van der Waals surface area contributed by atoms with Crippen molar-refractivity contribution in [1.82, 2.24) is 15.5 Å². The molecule has 0 aromatic carbocycles. The first-order chi connectivity index (χ1) is 10.8. The summed E-state index contributed by atoms with van der Waals surface area (Å²) in [6.07, 6.45) is 4.85. The van der Waals surface area contributed by atoms with Crippen molar-refractivity contribution in [2.75, 3.05) is 32.8 Å². The topological polar surface area (TPSA) is 53.6 Å². The van der Waals surface area contributed by atoms with Crippen molar-refractivity contribution in [3.63, 3.8) is 0 Å². The van der Waals surface area contributed by atoms with Crippen LogP contribution in [0.4, 0.5) is 4.79 Å². The molecule has 2 aliphatic heterocycles. The minimum atomic E-state index is -0.0868. The van der Waals surface area contributed by atoms with Gasteiger partial charge in [0.1, 0.15) is 0 Å². The molecule has 0 radical (unpaired) electrons. The van der Waals surface area contributed by atoms with E-state index in [0.717, 1.165) is 32.5 Å². The number of ether oxygens (including phenoxy) is 1. The molecule has 2 amide bonds. The van der Waals surface area contributed by atoms with E-state index in [1.165, 1.54) is 17.7 Å². The molecule has 1 aromatic rings. The Bertz CT molecular complexity index is 454. The number of nitrogens with zero attached hydrogens (tertiary/aromatic N) is 1. The summed E-state index contributed by atoms with van der Waals surface area (Å²) in [7, 11) is 0. The molecule has 22 heavy (non-hydrogen) atoms. The van der Waals surface area contributed by atoms with E-state index in [0.29, 0.717) is 19.1 Å². The third kappa shape index (κ3) is 4.21. The van der Waals surface area contributed by atoms with Gasteiger partial charge >= 0.3 is 6.03 Å². The van der Waals surface area contributed by atoms with Gasteiger partial charge in [-0.15, -0.1) is 11.3 Å². The van der Waals surface area contributed by atoms with Crippen LogP contribution in [0.15, 0.2) is 17.5 Å². The predicted molar refractivity (Wildman–Crippen MR) is 88.2 cm³/mol. The first kappa shape index (κ1) is 15.8. The van der Waals surface area contributed by atoms with Crippen molar-refractivity contribution in [2.24, 2.45) is 0 Å². The van der Waals surface area contributed by atoms with Crippen molar-refractivity contribution < 1.29 is 9.53 Å². The van der Waals surface area contributed by atoms with E-state index in [1.54, 1.807) is 11.3 Å². The summed E-state index contributed by atoms with van der Waals surface area (Å²) in [5.74, 6) is 0. The molecule has 2 fully saturated rings. The minimum absolute atomic E-state index is 0.0868. The summed E-state index contributed by atoms with van der Waals surface area (Å²) < 4.78 is 5.52. The summed E-state index contributed by atoms with van der Waals surface area (Å²) >= 11 is 1.77. The second-order valence-electron chi connectivity index (χ2n) is 6.00. The average Bonchev–Trinajstić information content (AvgIpc) is 3.27. The molecule has 5 nitrogen and oxygen atoms in total. The number of hydrogen-bond acceptors (Lipinski definition) is 4. The number of urea groups is 1. The van der Waals surface area contributed by atoms with E-state index >= 15 is 0 Å². The molecule has 2 aliphatic rings. The molecule has 2 atom stereocenters. The van der Waals surface area contributed by atoms with Gasteiger partial charge in [0.25, 0.3) is 0 Å². The van der Waals surface area contributed by atoms with Gasteiger partial charge in [0.05, 0.1) is 12.1 Å². The van der Waals surface area contributed by atoms with E-state index in [2.05, 4.69) is 33.0 Å². The lowest BCUT2D eigenvalue weighted by Crippen LogP contribution is -2.43. The smallest absolute Gasteiger partial charge is 0.314 e. The van der Waals surface area contributed by atoms with Crippen LogP contribution in [0.1, 0.15) is 36.6 Å². The monoisotopic (exact) mass is 323 g/mol. The fourth-order valence-corrected chi connectivity index (χ4v) is 4.07. The van der Waals surface area contributed by atoms with E-state index in [4.69, 9.17) is 4.74 Å². The van der Waals surface area contributed by atoms with Crippen LogP contribution in [0.25, 0.3) is 0 Å². The van der Waals surface area contributed by atoms with E-state index < -0.39 is 0 Å². The molecule has 0 spiro atoms. The summed E-state index contributed by atoms with van der Waals surface area (Å²) in [5.41, 5.74) is 0. The molecule has 122 valence electrons. The molecule has 2 unspecified atom stereocenters. The largest absolute Gasteiger partial charge is 0.376 e. The van der Waals surface area contributed by atoms with Crippen LogP contribution in [0.2, 0.25) is 0 Å². The molecule has 3 rings (SSSR count). The zero-order valence-electron chi connectivity index (χ0n) is 12.9. The van der Waals surface area contributed by atoms with Crippen molar-refractivity contribution in [3.8, 4) is 0 Å². The first-order valence-corrected chi connectivity index (χ1v) is 9.11. The summed E-state index contributed by atoms with van der Waals surface area (Å²) in [5, 5.41) is 8.06. The van der Waals surface area contributed by atoms with E-state index in [9.17, 15) is 4.79 Å². The molecule has 3 heterocycles. The Labute approximate surface area is 136 Å². The number of hydrogen-bond donors (Lipinski definition) is 2. The van der Waals surface area contributed by atoms with E-state index in [1.807, 2.05) is 0 Å². The second kappa shape index (κ2) is 7.94. The van der Waals surface area contributed by atoms with Crippen LogP contribution < -0.4 is 10.6 Å². The van der Waals surface area contributed by atoms with Crippen LogP contribution in [-0.2, 0) is 4.74 Å². The Balaban J connectivity index is 1.47. The van der Waals surface area contributed by atoms with Gasteiger partial charge in [0.15, 0.2) is 0 Å². The number of likely N-dealkylation sites (tertiary alicyclic amines) is 1. The predicted octanol–water partition coefficient (Wildman–Crippen LogP) is 2.36. The minimum Gasteiger partial charge on any atom is -0.376 e. The molecule has 2 N–H and O–H groups in total. The number of rotatable bonds is 6. The molecule has 1 aromatic heterocycles. The SMILES string of the molecule is O=C(NCC1CCCO1)NCC(c1cccs1)N1CCCC1. The quantitative estimate of drug-likeness (QED) is 0.845. The number of carbonyl (C=O) groups excluding carboxylic acids is 1. The standard InChI is InChI=1S/C16H25N3O2S/c20-16(17-11-13-5-3-9-21-13)18-12-14(15-6-4-10-22-15)19-7-1-2-8-19/h4,6,10,13-14H,1-3,5,7-9,11-12H2,(H2,17,18,20). The van der Waals surface area contributed by atoms with Gasteiger partial charge in [-0.1, -0.05) is 6.07 Å². The lowest BCUT2D eigenvalue weighted by molar-refractivity contribution is 0.111. The maximum atomic E-state index is 12.0. The normalized spacial score (nSPS) is 23.5.